The minimum atomic E-state index is -0.184. The van der Waals surface area contributed by atoms with Gasteiger partial charge in [0.2, 0.25) is 0 Å². The molecule has 4 rings (SSSR count). The molecule has 0 atom stereocenters. The predicted octanol–water partition coefficient (Wildman–Crippen LogP) is 3.21. The zero-order valence-corrected chi connectivity index (χ0v) is 14.4. The topological polar surface area (TPSA) is 61.4 Å². The molecule has 0 bridgehead atoms. The van der Waals surface area contributed by atoms with Gasteiger partial charge in [-0.25, -0.2) is 0 Å². The first-order chi connectivity index (χ1) is 12.7. The van der Waals surface area contributed by atoms with Gasteiger partial charge in [-0.1, -0.05) is 18.2 Å². The van der Waals surface area contributed by atoms with Crippen molar-refractivity contribution in [1.29, 1.82) is 0 Å². The number of hydrogen-bond donors (Lipinski definition) is 2. The first kappa shape index (κ1) is 16.4. The molecule has 2 aromatic carbocycles. The van der Waals surface area contributed by atoms with Crippen molar-refractivity contribution in [3.8, 4) is 0 Å². The second-order valence-electron chi connectivity index (χ2n) is 6.71. The molecule has 0 saturated heterocycles. The van der Waals surface area contributed by atoms with Crippen LogP contribution in [0.15, 0.2) is 60.7 Å². The van der Waals surface area contributed by atoms with E-state index in [0.717, 1.165) is 31.6 Å². The van der Waals surface area contributed by atoms with Crippen molar-refractivity contribution >= 4 is 23.2 Å². The molecule has 1 aliphatic carbocycles. The Morgan fingerprint density at radius 2 is 1.62 bits per heavy atom. The Kier molecular flexibility index (Phi) is 4.44. The van der Waals surface area contributed by atoms with Crippen LogP contribution < -0.4 is 15.5 Å². The van der Waals surface area contributed by atoms with Crippen LogP contribution in [0.2, 0.25) is 0 Å². The summed E-state index contributed by atoms with van der Waals surface area (Å²) in [6.45, 7) is 1.81. The highest BCUT2D eigenvalue weighted by molar-refractivity contribution is 6.05. The van der Waals surface area contributed by atoms with Gasteiger partial charge >= 0.3 is 0 Å². The third-order valence-electron chi connectivity index (χ3n) is 4.61. The van der Waals surface area contributed by atoms with Crippen LogP contribution in [0.4, 0.5) is 11.4 Å². The average molecular weight is 347 g/mol. The summed E-state index contributed by atoms with van der Waals surface area (Å²) in [6.07, 6.45) is 6.36. The summed E-state index contributed by atoms with van der Waals surface area (Å²) in [7, 11) is 0. The zero-order chi connectivity index (χ0) is 17.9. The van der Waals surface area contributed by atoms with Crippen molar-refractivity contribution in [2.75, 3.05) is 23.3 Å². The Morgan fingerprint density at radius 1 is 0.885 bits per heavy atom. The summed E-state index contributed by atoms with van der Waals surface area (Å²) in [6, 6.07) is 14.9. The van der Waals surface area contributed by atoms with Crippen LogP contribution in [0.5, 0.6) is 0 Å². The fourth-order valence-electron chi connectivity index (χ4n) is 2.95. The van der Waals surface area contributed by atoms with E-state index in [1.165, 1.54) is 0 Å². The van der Waals surface area contributed by atoms with E-state index in [2.05, 4.69) is 27.7 Å². The molecule has 132 valence electrons. The number of nitrogens with one attached hydrogen (secondary N) is 2. The molecule has 1 fully saturated rings. The molecule has 2 N–H and O–H groups in total. The number of carbonyl (C=O) groups is 2. The van der Waals surface area contributed by atoms with E-state index in [4.69, 9.17) is 0 Å². The summed E-state index contributed by atoms with van der Waals surface area (Å²) >= 11 is 0. The molecular formula is C21H21N3O2. The average Bonchev–Trinajstić information content (AvgIpc) is 3.31. The van der Waals surface area contributed by atoms with Gasteiger partial charge in [0.25, 0.3) is 11.8 Å². The van der Waals surface area contributed by atoms with Gasteiger partial charge in [0, 0.05) is 41.6 Å². The lowest BCUT2D eigenvalue weighted by molar-refractivity contribution is 0.0949. The van der Waals surface area contributed by atoms with E-state index >= 15 is 0 Å². The molecule has 2 aromatic rings. The molecule has 1 aliphatic heterocycles. The van der Waals surface area contributed by atoms with Crippen molar-refractivity contribution in [2.24, 2.45) is 0 Å². The van der Waals surface area contributed by atoms with Gasteiger partial charge < -0.3 is 15.5 Å². The fraction of sp³-hybridized carbons (Fsp3) is 0.238. The summed E-state index contributed by atoms with van der Waals surface area (Å²) < 4.78 is 0. The van der Waals surface area contributed by atoms with Crippen LogP contribution in [0.1, 0.15) is 33.6 Å². The van der Waals surface area contributed by atoms with E-state index in [-0.39, 0.29) is 11.8 Å². The Bertz CT molecular complexity index is 846. The number of benzene rings is 2. The van der Waals surface area contributed by atoms with E-state index in [9.17, 15) is 9.59 Å². The lowest BCUT2D eigenvalue weighted by Gasteiger charge is -2.17. The number of carbonyl (C=O) groups excluding carboxylic acids is 2. The SMILES string of the molecule is O=C(Nc1cccc(C(=O)NC2CC2)c1)c1ccc(N2CC=CC2)cc1. The van der Waals surface area contributed by atoms with Gasteiger partial charge in [0.05, 0.1) is 0 Å². The molecule has 0 unspecified atom stereocenters. The van der Waals surface area contributed by atoms with Gasteiger partial charge in [0.15, 0.2) is 0 Å². The maximum absolute atomic E-state index is 12.5. The summed E-state index contributed by atoms with van der Waals surface area (Å²) in [5, 5.41) is 5.82. The maximum Gasteiger partial charge on any atom is 0.255 e. The van der Waals surface area contributed by atoms with E-state index in [1.807, 2.05) is 24.3 Å². The van der Waals surface area contributed by atoms with Crippen LogP contribution in [-0.4, -0.2) is 30.9 Å². The Morgan fingerprint density at radius 3 is 2.31 bits per heavy atom. The van der Waals surface area contributed by atoms with Crippen molar-refractivity contribution in [1.82, 2.24) is 5.32 Å². The summed E-state index contributed by atoms with van der Waals surface area (Å²) in [4.78, 5) is 26.8. The largest absolute Gasteiger partial charge is 0.364 e. The first-order valence-electron chi connectivity index (χ1n) is 8.91. The first-order valence-corrected chi connectivity index (χ1v) is 8.91. The zero-order valence-electron chi connectivity index (χ0n) is 14.4. The van der Waals surface area contributed by atoms with Crippen LogP contribution in [0, 0.1) is 0 Å². The van der Waals surface area contributed by atoms with Crippen LogP contribution in [0.25, 0.3) is 0 Å². The smallest absolute Gasteiger partial charge is 0.255 e. The third kappa shape index (κ3) is 3.77. The van der Waals surface area contributed by atoms with Crippen molar-refractivity contribution in [3.05, 3.63) is 71.8 Å². The van der Waals surface area contributed by atoms with Gasteiger partial charge in [0.1, 0.15) is 0 Å². The molecule has 0 radical (unpaired) electrons. The molecule has 5 heteroatoms. The molecule has 1 saturated carbocycles. The van der Waals surface area contributed by atoms with E-state index in [0.29, 0.717) is 22.9 Å². The quantitative estimate of drug-likeness (QED) is 0.817. The molecule has 0 spiro atoms. The predicted molar refractivity (Wildman–Crippen MR) is 103 cm³/mol. The van der Waals surface area contributed by atoms with Gasteiger partial charge in [-0.05, 0) is 55.3 Å². The lowest BCUT2D eigenvalue weighted by atomic mass is 10.1. The molecule has 0 aromatic heterocycles. The Hall–Kier alpha value is -3.08. The molecule has 2 aliphatic rings. The van der Waals surface area contributed by atoms with Crippen molar-refractivity contribution in [2.45, 2.75) is 18.9 Å². The highest BCUT2D eigenvalue weighted by atomic mass is 16.2. The number of nitrogens with zero attached hydrogens (tertiary/aromatic N) is 1. The highest BCUT2D eigenvalue weighted by Gasteiger charge is 2.23. The molecule has 5 nitrogen and oxygen atoms in total. The number of amides is 2. The number of rotatable bonds is 5. The fourth-order valence-corrected chi connectivity index (χ4v) is 2.95. The van der Waals surface area contributed by atoms with Crippen molar-refractivity contribution < 1.29 is 9.59 Å². The molecule has 1 heterocycles. The maximum atomic E-state index is 12.5. The standard InChI is InChI=1S/C21H21N3O2/c25-20(15-6-10-19(11-7-15)24-12-1-2-13-24)23-18-5-3-4-16(14-18)21(26)22-17-8-9-17/h1-7,10-11,14,17H,8-9,12-13H2,(H,22,26)(H,23,25). The lowest BCUT2D eigenvalue weighted by Crippen LogP contribution is -2.25. The normalized spacial score (nSPS) is 15.8. The van der Waals surface area contributed by atoms with Gasteiger partial charge in [-0.3, -0.25) is 9.59 Å². The van der Waals surface area contributed by atoms with Crippen LogP contribution in [0.3, 0.4) is 0 Å². The number of hydrogen-bond acceptors (Lipinski definition) is 3. The minimum absolute atomic E-state index is 0.0906. The van der Waals surface area contributed by atoms with E-state index < -0.39 is 0 Å². The third-order valence-corrected chi connectivity index (χ3v) is 4.61. The second-order valence-corrected chi connectivity index (χ2v) is 6.71. The van der Waals surface area contributed by atoms with Crippen molar-refractivity contribution in [3.63, 3.8) is 0 Å². The summed E-state index contributed by atoms with van der Waals surface area (Å²) in [5.41, 5.74) is 2.87. The van der Waals surface area contributed by atoms with Gasteiger partial charge in [-0.15, -0.1) is 0 Å². The van der Waals surface area contributed by atoms with Crippen LogP contribution >= 0.6 is 0 Å². The molecule has 2 amide bonds. The van der Waals surface area contributed by atoms with Crippen LogP contribution in [-0.2, 0) is 0 Å². The monoisotopic (exact) mass is 347 g/mol. The Labute approximate surface area is 152 Å². The molecule has 26 heavy (non-hydrogen) atoms. The van der Waals surface area contributed by atoms with E-state index in [1.54, 1.807) is 24.3 Å². The highest BCUT2D eigenvalue weighted by Crippen LogP contribution is 2.21. The summed E-state index contributed by atoms with van der Waals surface area (Å²) in [5.74, 6) is -0.275. The van der Waals surface area contributed by atoms with Gasteiger partial charge in [-0.2, -0.15) is 0 Å². The second kappa shape index (κ2) is 7.04. The molecular weight excluding hydrogens is 326 g/mol. The minimum Gasteiger partial charge on any atom is -0.364 e. The Balaban J connectivity index is 1.41. The number of anilines is 2.